The number of carbonyl (C=O) groups excluding carboxylic acids is 1. The Balaban J connectivity index is 1.62. The number of thioether (sulfide) groups is 1. The van der Waals surface area contributed by atoms with Crippen LogP contribution in [-0.2, 0) is 0 Å². The van der Waals surface area contributed by atoms with E-state index in [4.69, 9.17) is 4.74 Å². The first-order chi connectivity index (χ1) is 15.0. The van der Waals surface area contributed by atoms with E-state index in [0.717, 1.165) is 31.2 Å². The molecule has 0 saturated heterocycles. The van der Waals surface area contributed by atoms with E-state index in [1.165, 1.54) is 34.9 Å². The van der Waals surface area contributed by atoms with Crippen LogP contribution in [0.2, 0.25) is 0 Å². The Morgan fingerprint density at radius 1 is 1.10 bits per heavy atom. The number of methoxy groups -OCH3 is 1. The van der Waals surface area contributed by atoms with Crippen molar-refractivity contribution in [3.05, 3.63) is 52.7 Å². The third-order valence-corrected chi connectivity index (χ3v) is 7.29. The predicted octanol–water partition coefficient (Wildman–Crippen LogP) is 5.45. The molecule has 0 bridgehead atoms. The molecule has 7 nitrogen and oxygen atoms in total. The van der Waals surface area contributed by atoms with E-state index < -0.39 is 0 Å². The number of thiazole rings is 1. The topological polar surface area (TPSA) is 88.8 Å². The fourth-order valence-corrected chi connectivity index (χ4v) is 5.10. The van der Waals surface area contributed by atoms with Gasteiger partial charge in [-0.05, 0) is 50.2 Å². The summed E-state index contributed by atoms with van der Waals surface area (Å²) in [6.45, 7) is 3.90. The number of aryl methyl sites for hydroxylation is 2. The second-order valence-corrected chi connectivity index (χ2v) is 9.90. The number of hydrogen-bond donors (Lipinski definition) is 1. The SMILES string of the molecule is COc1ccc(Sc2ccc(SC3=NN=CC3)nc2C(=O)Nc2nc(C)c(C)s2)cc1. The second-order valence-electron chi connectivity index (χ2n) is 6.49. The van der Waals surface area contributed by atoms with Crippen LogP contribution in [0.5, 0.6) is 5.75 Å². The number of benzene rings is 1. The van der Waals surface area contributed by atoms with Crippen molar-refractivity contribution < 1.29 is 9.53 Å². The van der Waals surface area contributed by atoms with Crippen molar-refractivity contribution in [2.45, 2.75) is 35.1 Å². The van der Waals surface area contributed by atoms with Gasteiger partial charge in [-0.2, -0.15) is 5.10 Å². The molecule has 1 aliphatic rings. The van der Waals surface area contributed by atoms with Crippen LogP contribution < -0.4 is 10.1 Å². The zero-order chi connectivity index (χ0) is 21.8. The van der Waals surface area contributed by atoms with E-state index in [-0.39, 0.29) is 5.91 Å². The van der Waals surface area contributed by atoms with Crippen LogP contribution in [0.4, 0.5) is 5.13 Å². The van der Waals surface area contributed by atoms with Crippen molar-refractivity contribution >= 4 is 57.2 Å². The maximum atomic E-state index is 13.1. The highest BCUT2D eigenvalue weighted by Crippen LogP contribution is 2.33. The molecule has 158 valence electrons. The van der Waals surface area contributed by atoms with E-state index >= 15 is 0 Å². The monoisotopic (exact) mass is 469 g/mol. The molecule has 1 N–H and O–H groups in total. The number of aromatic nitrogens is 2. The van der Waals surface area contributed by atoms with Gasteiger partial charge < -0.3 is 4.74 Å². The molecule has 3 aromatic rings. The van der Waals surface area contributed by atoms with Crippen LogP contribution in [0, 0.1) is 13.8 Å². The van der Waals surface area contributed by atoms with Gasteiger partial charge in [0.1, 0.15) is 21.5 Å². The summed E-state index contributed by atoms with van der Waals surface area (Å²) in [6.07, 6.45) is 2.42. The summed E-state index contributed by atoms with van der Waals surface area (Å²) < 4.78 is 5.22. The zero-order valence-corrected chi connectivity index (χ0v) is 19.5. The maximum Gasteiger partial charge on any atom is 0.277 e. The highest BCUT2D eigenvalue weighted by molar-refractivity contribution is 8.14. The van der Waals surface area contributed by atoms with Gasteiger partial charge in [-0.3, -0.25) is 10.1 Å². The van der Waals surface area contributed by atoms with Gasteiger partial charge in [-0.25, -0.2) is 9.97 Å². The molecule has 0 unspecified atom stereocenters. The van der Waals surface area contributed by atoms with Crippen molar-refractivity contribution in [2.75, 3.05) is 12.4 Å². The molecule has 4 rings (SSSR count). The van der Waals surface area contributed by atoms with E-state index in [9.17, 15) is 4.79 Å². The maximum absolute atomic E-state index is 13.1. The minimum absolute atomic E-state index is 0.295. The standard InChI is InChI=1S/C21H19N5O2S3/c1-12-13(2)29-21(23-12)25-20(27)19-16(30-15-6-4-14(28-3)5-7-15)8-9-17(24-19)31-18-10-11-22-26-18/h4-9,11H,10H2,1-3H3,(H,23,25,27). The Labute approximate surface area is 192 Å². The Bertz CT molecular complexity index is 1150. The first-order valence-corrected chi connectivity index (χ1v) is 11.8. The first kappa shape index (κ1) is 21.5. The molecule has 1 aromatic carbocycles. The average molecular weight is 470 g/mol. The quantitative estimate of drug-likeness (QED) is 0.517. The molecule has 31 heavy (non-hydrogen) atoms. The van der Waals surface area contributed by atoms with Crippen LogP contribution in [-0.4, -0.2) is 34.2 Å². The van der Waals surface area contributed by atoms with Crippen LogP contribution in [0.25, 0.3) is 0 Å². The van der Waals surface area contributed by atoms with Gasteiger partial charge in [0.15, 0.2) is 5.13 Å². The number of nitrogens with zero attached hydrogens (tertiary/aromatic N) is 4. The lowest BCUT2D eigenvalue weighted by atomic mass is 10.3. The minimum atomic E-state index is -0.295. The predicted molar refractivity (Wildman–Crippen MR) is 127 cm³/mol. The lowest BCUT2D eigenvalue weighted by Gasteiger charge is -2.10. The summed E-state index contributed by atoms with van der Waals surface area (Å²) in [4.78, 5) is 25.0. The number of nitrogens with one attached hydrogen (secondary N) is 1. The van der Waals surface area contributed by atoms with Crippen molar-refractivity contribution in [1.82, 2.24) is 9.97 Å². The Kier molecular flexibility index (Phi) is 6.69. The third-order valence-electron chi connectivity index (χ3n) is 4.32. The van der Waals surface area contributed by atoms with Gasteiger partial charge in [0.05, 0.1) is 12.8 Å². The number of amides is 1. The molecular weight excluding hydrogens is 450 g/mol. The summed E-state index contributed by atoms with van der Waals surface area (Å²) in [5, 5.41) is 13.0. The fourth-order valence-electron chi connectivity index (χ4n) is 2.63. The largest absolute Gasteiger partial charge is 0.497 e. The lowest BCUT2D eigenvalue weighted by molar-refractivity contribution is 0.101. The Morgan fingerprint density at radius 2 is 1.90 bits per heavy atom. The molecule has 0 spiro atoms. The zero-order valence-electron chi connectivity index (χ0n) is 17.1. The molecule has 0 aliphatic carbocycles. The number of carbonyl (C=O) groups is 1. The van der Waals surface area contributed by atoms with Crippen molar-refractivity contribution in [1.29, 1.82) is 0 Å². The van der Waals surface area contributed by atoms with E-state index in [1.54, 1.807) is 13.3 Å². The van der Waals surface area contributed by atoms with Crippen LogP contribution >= 0.6 is 34.9 Å². The summed E-state index contributed by atoms with van der Waals surface area (Å²) in [6, 6.07) is 11.5. The van der Waals surface area contributed by atoms with Crippen molar-refractivity contribution in [3.8, 4) is 5.75 Å². The van der Waals surface area contributed by atoms with Crippen molar-refractivity contribution in [2.24, 2.45) is 10.2 Å². The third kappa shape index (κ3) is 5.33. The average Bonchev–Trinajstić information content (AvgIpc) is 3.39. The Morgan fingerprint density at radius 3 is 2.55 bits per heavy atom. The summed E-state index contributed by atoms with van der Waals surface area (Å²) >= 11 is 4.33. The van der Waals surface area contributed by atoms with Gasteiger partial charge in [0.2, 0.25) is 0 Å². The number of ether oxygens (including phenoxy) is 1. The second kappa shape index (κ2) is 9.63. The fraction of sp³-hybridized carbons (Fsp3) is 0.190. The lowest BCUT2D eigenvalue weighted by Crippen LogP contribution is -2.15. The van der Waals surface area contributed by atoms with Gasteiger partial charge in [-0.15, -0.1) is 16.4 Å². The van der Waals surface area contributed by atoms with Gasteiger partial charge in [0, 0.05) is 27.3 Å². The smallest absolute Gasteiger partial charge is 0.277 e. The van der Waals surface area contributed by atoms with Gasteiger partial charge >= 0.3 is 0 Å². The molecule has 0 saturated carbocycles. The summed E-state index contributed by atoms with van der Waals surface area (Å²) in [7, 11) is 1.63. The normalized spacial score (nSPS) is 12.7. The molecule has 0 radical (unpaired) electrons. The Hall–Kier alpha value is -2.69. The molecule has 0 fully saturated rings. The van der Waals surface area contributed by atoms with Crippen LogP contribution in [0.15, 0.2) is 61.4 Å². The summed E-state index contributed by atoms with van der Waals surface area (Å²) in [5.41, 5.74) is 1.25. The van der Waals surface area contributed by atoms with Gasteiger partial charge in [0.25, 0.3) is 5.91 Å². The van der Waals surface area contributed by atoms with Gasteiger partial charge in [-0.1, -0.05) is 23.5 Å². The highest BCUT2D eigenvalue weighted by Gasteiger charge is 2.19. The van der Waals surface area contributed by atoms with E-state index in [1.807, 2.05) is 50.2 Å². The molecule has 3 heterocycles. The molecule has 10 heteroatoms. The van der Waals surface area contributed by atoms with E-state index in [2.05, 4.69) is 25.5 Å². The van der Waals surface area contributed by atoms with Crippen LogP contribution in [0.1, 0.15) is 27.5 Å². The molecule has 2 aromatic heterocycles. The number of hydrogen-bond acceptors (Lipinski definition) is 9. The highest BCUT2D eigenvalue weighted by atomic mass is 32.2. The van der Waals surface area contributed by atoms with E-state index in [0.29, 0.717) is 22.3 Å². The molecule has 1 amide bonds. The molecule has 1 aliphatic heterocycles. The number of pyridine rings is 1. The number of rotatable bonds is 6. The molecule has 0 atom stereocenters. The summed E-state index contributed by atoms with van der Waals surface area (Å²) in [5.74, 6) is 0.484. The number of anilines is 1. The van der Waals surface area contributed by atoms with Crippen LogP contribution in [0.3, 0.4) is 0 Å². The molecular formula is C21H19N5O2S3. The first-order valence-electron chi connectivity index (χ1n) is 9.36. The minimum Gasteiger partial charge on any atom is -0.497 e. The van der Waals surface area contributed by atoms with Crippen molar-refractivity contribution in [3.63, 3.8) is 0 Å².